The topological polar surface area (TPSA) is 55.8 Å². The fraction of sp³-hybridized carbons (Fsp3) is 0.920. The average Bonchev–Trinajstić information content (AvgIpc) is 2.76. The van der Waals surface area contributed by atoms with Crippen molar-refractivity contribution in [2.45, 2.75) is 117 Å². The van der Waals surface area contributed by atoms with Crippen LogP contribution in [0.2, 0.25) is 0 Å². The second kappa shape index (κ2) is 18.5. The molecule has 1 rings (SSSR count). The van der Waals surface area contributed by atoms with Gasteiger partial charge in [-0.15, -0.1) is 0 Å². The molecule has 1 heterocycles. The third-order valence-corrected chi connectivity index (χ3v) is 6.10. The first-order valence-electron chi connectivity index (χ1n) is 12.8. The van der Waals surface area contributed by atoms with E-state index in [4.69, 9.17) is 9.47 Å². The van der Waals surface area contributed by atoms with Gasteiger partial charge in [0.1, 0.15) is 0 Å². The highest BCUT2D eigenvalue weighted by Crippen LogP contribution is 2.19. The fourth-order valence-electron chi connectivity index (χ4n) is 4.10. The molecule has 1 amide bonds. The summed E-state index contributed by atoms with van der Waals surface area (Å²) < 4.78 is 10.5. The number of amides is 1. The van der Waals surface area contributed by atoms with Crippen molar-refractivity contribution in [1.29, 1.82) is 0 Å². The molecule has 0 spiro atoms. The molecule has 0 aliphatic carbocycles. The number of unbranched alkanes of at least 4 members (excludes halogenated alkanes) is 13. The molecule has 5 heteroatoms. The average molecular weight is 426 g/mol. The Balaban J connectivity index is 1.86. The summed E-state index contributed by atoms with van der Waals surface area (Å²) in [5, 5.41) is 0. The van der Waals surface area contributed by atoms with E-state index >= 15 is 0 Å². The number of carbonyl (C=O) groups is 2. The van der Waals surface area contributed by atoms with Crippen LogP contribution in [0.3, 0.4) is 0 Å². The van der Waals surface area contributed by atoms with Crippen LogP contribution < -0.4 is 0 Å². The lowest BCUT2D eigenvalue weighted by Crippen LogP contribution is -2.41. The van der Waals surface area contributed by atoms with Crippen molar-refractivity contribution in [2.24, 2.45) is 5.92 Å². The van der Waals surface area contributed by atoms with Crippen LogP contribution in [-0.2, 0) is 14.3 Å². The maximum atomic E-state index is 12.2. The van der Waals surface area contributed by atoms with E-state index in [0.29, 0.717) is 39.1 Å². The lowest BCUT2D eigenvalue weighted by atomic mass is 9.97. The summed E-state index contributed by atoms with van der Waals surface area (Å²) in [6.07, 6.45) is 19.6. The summed E-state index contributed by atoms with van der Waals surface area (Å²) in [5.41, 5.74) is 0. The van der Waals surface area contributed by atoms with Crippen molar-refractivity contribution in [3.63, 3.8) is 0 Å². The third-order valence-electron chi connectivity index (χ3n) is 6.10. The third kappa shape index (κ3) is 13.1. The number of carbonyl (C=O) groups excluding carboxylic acids is 2. The summed E-state index contributed by atoms with van der Waals surface area (Å²) in [5.74, 6) is -0.157. The first-order chi connectivity index (χ1) is 14.7. The van der Waals surface area contributed by atoms with Crippen molar-refractivity contribution in [3.8, 4) is 0 Å². The zero-order chi connectivity index (χ0) is 21.9. The molecule has 0 radical (unpaired) electrons. The standard InChI is InChI=1S/C25H47NO4/c1-3-5-6-7-8-9-10-11-12-13-14-15-16-17-22-30-24(27)23-18-20-26(21-19-23)25(28)29-4-2/h23H,3-22H2,1-2H3. The van der Waals surface area contributed by atoms with Gasteiger partial charge in [0.25, 0.3) is 0 Å². The lowest BCUT2D eigenvalue weighted by Gasteiger charge is -2.30. The van der Waals surface area contributed by atoms with Crippen molar-refractivity contribution in [2.75, 3.05) is 26.3 Å². The molecule has 0 aromatic heterocycles. The molecule has 0 aromatic rings. The molecule has 1 saturated heterocycles. The van der Waals surface area contributed by atoms with E-state index in [1.54, 1.807) is 11.8 Å². The Bertz CT molecular complexity index is 433. The van der Waals surface area contributed by atoms with E-state index < -0.39 is 0 Å². The molecule has 1 aliphatic rings. The van der Waals surface area contributed by atoms with Gasteiger partial charge in [0.05, 0.1) is 19.1 Å². The number of ether oxygens (including phenoxy) is 2. The summed E-state index contributed by atoms with van der Waals surface area (Å²) >= 11 is 0. The summed E-state index contributed by atoms with van der Waals surface area (Å²) in [6, 6.07) is 0. The van der Waals surface area contributed by atoms with Gasteiger partial charge in [-0.05, 0) is 26.2 Å². The highest BCUT2D eigenvalue weighted by molar-refractivity contribution is 5.73. The Morgan fingerprint density at radius 1 is 0.700 bits per heavy atom. The largest absolute Gasteiger partial charge is 0.465 e. The molecule has 176 valence electrons. The number of piperidine rings is 1. The normalized spacial score (nSPS) is 14.7. The van der Waals surface area contributed by atoms with Crippen molar-refractivity contribution >= 4 is 12.1 Å². The van der Waals surface area contributed by atoms with Gasteiger partial charge < -0.3 is 14.4 Å². The predicted octanol–water partition coefficient (Wildman–Crippen LogP) is 6.88. The maximum absolute atomic E-state index is 12.2. The summed E-state index contributed by atoms with van der Waals surface area (Å²) in [4.78, 5) is 25.5. The van der Waals surface area contributed by atoms with E-state index in [0.717, 1.165) is 12.8 Å². The highest BCUT2D eigenvalue weighted by atomic mass is 16.6. The summed E-state index contributed by atoms with van der Waals surface area (Å²) in [7, 11) is 0. The molecule has 1 aliphatic heterocycles. The molecule has 0 saturated carbocycles. The number of esters is 1. The molecule has 0 bridgehead atoms. The van der Waals surface area contributed by atoms with Crippen LogP contribution in [0.15, 0.2) is 0 Å². The van der Waals surface area contributed by atoms with E-state index in [9.17, 15) is 9.59 Å². The fourth-order valence-corrected chi connectivity index (χ4v) is 4.10. The smallest absolute Gasteiger partial charge is 0.409 e. The van der Waals surface area contributed by atoms with Crippen molar-refractivity contribution < 1.29 is 19.1 Å². The van der Waals surface area contributed by atoms with Crippen LogP contribution >= 0.6 is 0 Å². The van der Waals surface area contributed by atoms with Crippen LogP contribution in [0.25, 0.3) is 0 Å². The molecule has 0 N–H and O–H groups in total. The Kier molecular flexibility index (Phi) is 16.5. The van der Waals surface area contributed by atoms with E-state index in [1.165, 1.54) is 77.0 Å². The molecule has 5 nitrogen and oxygen atoms in total. The number of rotatable bonds is 17. The van der Waals surface area contributed by atoms with E-state index in [1.807, 2.05) is 0 Å². The number of likely N-dealkylation sites (tertiary alicyclic amines) is 1. The van der Waals surface area contributed by atoms with Gasteiger partial charge in [-0.2, -0.15) is 0 Å². The minimum absolute atomic E-state index is 0.0673. The molecule has 0 unspecified atom stereocenters. The first-order valence-corrected chi connectivity index (χ1v) is 12.8. The lowest BCUT2D eigenvalue weighted by molar-refractivity contribution is -0.150. The van der Waals surface area contributed by atoms with Gasteiger partial charge in [-0.1, -0.05) is 90.4 Å². The molecule has 1 fully saturated rings. The Morgan fingerprint density at radius 3 is 1.63 bits per heavy atom. The molecule has 0 atom stereocenters. The maximum Gasteiger partial charge on any atom is 0.409 e. The van der Waals surface area contributed by atoms with Crippen LogP contribution in [0.5, 0.6) is 0 Å². The quantitative estimate of drug-likeness (QED) is 0.188. The molecule has 30 heavy (non-hydrogen) atoms. The van der Waals surface area contributed by atoms with Crippen LogP contribution in [0, 0.1) is 5.92 Å². The van der Waals surface area contributed by atoms with Crippen LogP contribution in [0.4, 0.5) is 4.79 Å². The minimum Gasteiger partial charge on any atom is -0.465 e. The zero-order valence-corrected chi connectivity index (χ0v) is 19.8. The van der Waals surface area contributed by atoms with Crippen molar-refractivity contribution in [1.82, 2.24) is 4.90 Å². The Labute approximate surface area is 185 Å². The second-order valence-electron chi connectivity index (χ2n) is 8.72. The van der Waals surface area contributed by atoms with Crippen LogP contribution in [0.1, 0.15) is 117 Å². The van der Waals surface area contributed by atoms with E-state index in [2.05, 4.69) is 6.92 Å². The van der Waals surface area contributed by atoms with Crippen LogP contribution in [-0.4, -0.2) is 43.3 Å². The molecular weight excluding hydrogens is 378 g/mol. The molecular formula is C25H47NO4. The zero-order valence-electron chi connectivity index (χ0n) is 19.8. The van der Waals surface area contributed by atoms with Gasteiger partial charge >= 0.3 is 12.1 Å². The van der Waals surface area contributed by atoms with Gasteiger partial charge in [0, 0.05) is 13.1 Å². The number of hydrogen-bond donors (Lipinski definition) is 0. The number of hydrogen-bond acceptors (Lipinski definition) is 4. The van der Waals surface area contributed by atoms with Crippen molar-refractivity contribution in [3.05, 3.63) is 0 Å². The predicted molar refractivity (Wildman–Crippen MR) is 123 cm³/mol. The van der Waals surface area contributed by atoms with Gasteiger partial charge in [-0.25, -0.2) is 4.79 Å². The number of nitrogens with zero attached hydrogens (tertiary/aromatic N) is 1. The van der Waals surface area contributed by atoms with Gasteiger partial charge in [0.2, 0.25) is 0 Å². The van der Waals surface area contributed by atoms with Gasteiger partial charge in [-0.3, -0.25) is 4.79 Å². The van der Waals surface area contributed by atoms with Gasteiger partial charge in [0.15, 0.2) is 0 Å². The highest BCUT2D eigenvalue weighted by Gasteiger charge is 2.28. The Morgan fingerprint density at radius 2 is 1.17 bits per heavy atom. The Hall–Kier alpha value is -1.26. The SMILES string of the molecule is CCCCCCCCCCCCCCCCOC(=O)C1CCN(C(=O)OCC)CC1. The summed E-state index contributed by atoms with van der Waals surface area (Å²) in [6.45, 7) is 6.16. The minimum atomic E-state index is -0.272. The second-order valence-corrected chi connectivity index (χ2v) is 8.72. The monoisotopic (exact) mass is 425 g/mol. The first kappa shape index (κ1) is 26.8. The van der Waals surface area contributed by atoms with E-state index in [-0.39, 0.29) is 18.0 Å². The molecule has 0 aromatic carbocycles.